The van der Waals surface area contributed by atoms with E-state index in [0.29, 0.717) is 29.6 Å². The summed E-state index contributed by atoms with van der Waals surface area (Å²) in [6.45, 7) is 6.79. The van der Waals surface area contributed by atoms with Gasteiger partial charge in [0.05, 0.1) is 24.7 Å². The van der Waals surface area contributed by atoms with E-state index in [1.54, 1.807) is 0 Å². The fourth-order valence-corrected chi connectivity index (χ4v) is 8.74. The minimum Gasteiger partial charge on any atom is -0.481 e. The van der Waals surface area contributed by atoms with Crippen molar-refractivity contribution in [3.63, 3.8) is 0 Å². The van der Waals surface area contributed by atoms with Gasteiger partial charge in [0.25, 0.3) is 0 Å². The Bertz CT molecular complexity index is 637. The number of hydrogen-bond acceptors (Lipinski definition) is 4. The number of hydrogen-bond donors (Lipinski definition) is 4. The summed E-state index contributed by atoms with van der Waals surface area (Å²) in [4.78, 5) is 11.1. The third kappa shape index (κ3) is 3.36. The average Bonchev–Trinajstić information content (AvgIpc) is 2.99. The molecule has 0 aromatic heterocycles. The predicted molar refractivity (Wildman–Crippen MR) is 110 cm³/mol. The van der Waals surface area contributed by atoms with Crippen molar-refractivity contribution in [3.05, 3.63) is 0 Å². The van der Waals surface area contributed by atoms with Gasteiger partial charge in [0.1, 0.15) is 0 Å². The molecule has 4 saturated carbocycles. The molecule has 5 nitrogen and oxygen atoms in total. The molecule has 0 heterocycles. The second kappa shape index (κ2) is 7.49. The molecule has 0 amide bonds. The Balaban J connectivity index is 1.57. The van der Waals surface area contributed by atoms with Gasteiger partial charge in [0.15, 0.2) is 0 Å². The van der Waals surface area contributed by atoms with Crippen LogP contribution in [0.2, 0.25) is 0 Å². The van der Waals surface area contributed by atoms with Crippen LogP contribution in [-0.2, 0) is 4.79 Å². The number of aliphatic hydroxyl groups is 3. The molecule has 5 heteroatoms. The molecule has 0 unspecified atom stereocenters. The maximum atomic E-state index is 11.2. The van der Waals surface area contributed by atoms with Crippen LogP contribution in [0.25, 0.3) is 0 Å². The lowest BCUT2D eigenvalue weighted by atomic mass is 9.43. The maximum Gasteiger partial charge on any atom is 0.305 e. The summed E-state index contributed by atoms with van der Waals surface area (Å²) in [5.41, 5.74) is 0.287. The Kier molecular flexibility index (Phi) is 5.57. The molecular weight excluding hydrogens is 368 g/mol. The van der Waals surface area contributed by atoms with Crippen molar-refractivity contribution in [1.82, 2.24) is 0 Å². The first-order chi connectivity index (χ1) is 13.6. The Morgan fingerprint density at radius 1 is 1.00 bits per heavy atom. The summed E-state index contributed by atoms with van der Waals surface area (Å²) in [6, 6.07) is 0. The highest BCUT2D eigenvalue weighted by Crippen LogP contribution is 2.68. The number of carboxylic acids is 1. The number of fused-ring (bicyclic) bond motifs is 5. The number of carbonyl (C=O) groups is 1. The monoisotopic (exact) mass is 408 g/mol. The molecule has 0 spiro atoms. The van der Waals surface area contributed by atoms with E-state index in [0.717, 1.165) is 51.4 Å². The lowest BCUT2D eigenvalue weighted by Gasteiger charge is -2.62. The summed E-state index contributed by atoms with van der Waals surface area (Å²) < 4.78 is 0. The summed E-state index contributed by atoms with van der Waals surface area (Å²) in [5, 5.41) is 41.1. The lowest BCUT2D eigenvalue weighted by molar-refractivity contribution is -0.175. The Hall–Kier alpha value is -0.650. The largest absolute Gasteiger partial charge is 0.481 e. The summed E-state index contributed by atoms with van der Waals surface area (Å²) in [7, 11) is 0. The van der Waals surface area contributed by atoms with E-state index in [9.17, 15) is 20.1 Å². The normalized spacial score (nSPS) is 51.4. The standard InChI is InChI=1S/C24H40O5/c1-13(19(26)12-21(28)29)16-4-5-17-22-18(7-9-24(16,17)3)23(2)8-6-15(25)10-14(23)11-20(22)27/h13-20,22,25-27H,4-12H2,1-3H3,(H,28,29)/t13-,14-,15+,16+,17-,18-,19+,20+,22-,23-,24+/m0/s1. The van der Waals surface area contributed by atoms with Crippen LogP contribution in [0, 0.1) is 46.3 Å². The van der Waals surface area contributed by atoms with Crippen LogP contribution >= 0.6 is 0 Å². The van der Waals surface area contributed by atoms with Gasteiger partial charge in [-0.15, -0.1) is 0 Å². The van der Waals surface area contributed by atoms with Gasteiger partial charge in [0.2, 0.25) is 0 Å². The summed E-state index contributed by atoms with van der Waals surface area (Å²) in [6.07, 6.45) is 6.40. The molecular formula is C24H40O5. The van der Waals surface area contributed by atoms with Gasteiger partial charge in [0, 0.05) is 0 Å². The summed E-state index contributed by atoms with van der Waals surface area (Å²) >= 11 is 0. The summed E-state index contributed by atoms with van der Waals surface area (Å²) in [5.74, 6) is 1.03. The van der Waals surface area contributed by atoms with Crippen LogP contribution in [0.4, 0.5) is 0 Å². The zero-order valence-electron chi connectivity index (χ0n) is 18.3. The molecule has 0 aliphatic heterocycles. The molecule has 11 atom stereocenters. The van der Waals surface area contributed by atoms with Crippen molar-refractivity contribution in [2.75, 3.05) is 0 Å². The number of carboxylic acid groups (broad SMARTS) is 1. The van der Waals surface area contributed by atoms with Crippen LogP contribution in [0.5, 0.6) is 0 Å². The smallest absolute Gasteiger partial charge is 0.305 e. The van der Waals surface area contributed by atoms with E-state index in [2.05, 4.69) is 13.8 Å². The minimum atomic E-state index is -0.936. The van der Waals surface area contributed by atoms with Gasteiger partial charge in [-0.3, -0.25) is 4.79 Å². The molecule has 0 aromatic carbocycles. The van der Waals surface area contributed by atoms with E-state index >= 15 is 0 Å². The van der Waals surface area contributed by atoms with Gasteiger partial charge in [-0.25, -0.2) is 0 Å². The Morgan fingerprint density at radius 2 is 1.66 bits per heavy atom. The highest BCUT2D eigenvalue weighted by Gasteiger charge is 2.63. The zero-order chi connectivity index (χ0) is 21.1. The van der Waals surface area contributed by atoms with Crippen molar-refractivity contribution in [2.24, 2.45) is 46.3 Å². The van der Waals surface area contributed by atoms with Crippen LogP contribution in [0.1, 0.15) is 78.6 Å². The topological polar surface area (TPSA) is 98.0 Å². The second-order valence-corrected chi connectivity index (χ2v) is 11.5. The molecule has 0 radical (unpaired) electrons. The van der Waals surface area contributed by atoms with Gasteiger partial charge >= 0.3 is 5.97 Å². The molecule has 166 valence electrons. The van der Waals surface area contributed by atoms with E-state index in [1.807, 2.05) is 6.92 Å². The van der Waals surface area contributed by atoms with E-state index in [4.69, 9.17) is 5.11 Å². The van der Waals surface area contributed by atoms with Crippen molar-refractivity contribution in [1.29, 1.82) is 0 Å². The first-order valence-corrected chi connectivity index (χ1v) is 11.8. The fraction of sp³-hybridized carbons (Fsp3) is 0.958. The highest BCUT2D eigenvalue weighted by molar-refractivity contribution is 5.67. The predicted octanol–water partition coefficient (Wildman–Crippen LogP) is 3.45. The molecule has 4 N–H and O–H groups in total. The van der Waals surface area contributed by atoms with E-state index in [-0.39, 0.29) is 35.4 Å². The third-order valence-electron chi connectivity index (χ3n) is 10.4. The quantitative estimate of drug-likeness (QED) is 0.571. The molecule has 0 saturated heterocycles. The van der Waals surface area contributed by atoms with Crippen LogP contribution in [0.15, 0.2) is 0 Å². The molecule has 4 rings (SSSR count). The highest BCUT2D eigenvalue weighted by atomic mass is 16.4. The van der Waals surface area contributed by atoms with Crippen LogP contribution in [-0.4, -0.2) is 44.7 Å². The number of aliphatic carboxylic acids is 1. The fourth-order valence-electron chi connectivity index (χ4n) is 8.74. The maximum absolute atomic E-state index is 11.2. The second-order valence-electron chi connectivity index (χ2n) is 11.5. The first kappa shape index (κ1) is 21.6. The molecule has 29 heavy (non-hydrogen) atoms. The van der Waals surface area contributed by atoms with Crippen LogP contribution < -0.4 is 0 Å². The van der Waals surface area contributed by atoms with Gasteiger partial charge in [-0.2, -0.15) is 0 Å². The Labute approximate surface area is 174 Å². The van der Waals surface area contributed by atoms with Gasteiger partial charge < -0.3 is 20.4 Å². The first-order valence-electron chi connectivity index (χ1n) is 11.8. The van der Waals surface area contributed by atoms with Crippen molar-refractivity contribution in [3.8, 4) is 0 Å². The van der Waals surface area contributed by atoms with Crippen LogP contribution in [0.3, 0.4) is 0 Å². The average molecular weight is 409 g/mol. The van der Waals surface area contributed by atoms with Crippen molar-refractivity contribution in [2.45, 2.75) is 96.9 Å². The molecule has 4 aliphatic carbocycles. The van der Waals surface area contributed by atoms with E-state index < -0.39 is 12.1 Å². The van der Waals surface area contributed by atoms with Crippen molar-refractivity contribution < 1.29 is 25.2 Å². The Morgan fingerprint density at radius 3 is 2.34 bits per heavy atom. The molecule has 0 bridgehead atoms. The van der Waals surface area contributed by atoms with Gasteiger partial charge in [-0.1, -0.05) is 20.8 Å². The van der Waals surface area contributed by atoms with E-state index in [1.165, 1.54) is 0 Å². The lowest BCUT2D eigenvalue weighted by Crippen LogP contribution is -2.58. The zero-order valence-corrected chi connectivity index (χ0v) is 18.3. The molecule has 0 aromatic rings. The molecule has 4 fully saturated rings. The SMILES string of the molecule is C[C@H]([C@H](O)CC(=O)O)[C@H]1CC[C@H]2[C@@H]3[C@H](O)C[C@@H]4C[C@H](O)CC[C@]4(C)[C@H]3CC[C@]12C. The van der Waals surface area contributed by atoms with Gasteiger partial charge in [-0.05, 0) is 97.7 Å². The minimum absolute atomic E-state index is 0.0356. The third-order valence-corrected chi connectivity index (χ3v) is 10.4. The van der Waals surface area contributed by atoms with Crippen molar-refractivity contribution >= 4 is 5.97 Å². The number of aliphatic hydroxyl groups excluding tert-OH is 3. The number of rotatable bonds is 4. The molecule has 4 aliphatic rings.